The van der Waals surface area contributed by atoms with Crippen molar-refractivity contribution in [1.82, 2.24) is 4.57 Å². The van der Waals surface area contributed by atoms with Crippen LogP contribution in [0.5, 0.6) is 0 Å². The second-order valence-corrected chi connectivity index (χ2v) is 21.1. The van der Waals surface area contributed by atoms with Crippen molar-refractivity contribution in [2.45, 2.75) is 52.4 Å². The summed E-state index contributed by atoms with van der Waals surface area (Å²) >= 11 is 0. The van der Waals surface area contributed by atoms with Gasteiger partial charge in [0.2, 0.25) is 0 Å². The molecular weight excluding hydrogens is 843 g/mol. The Balaban J connectivity index is 1.05. The lowest BCUT2D eigenvalue weighted by molar-refractivity contribution is 0.590. The molecule has 0 aliphatic carbocycles. The second-order valence-electron chi connectivity index (χ2n) is 21.1. The minimum Gasteiger partial charge on any atom is -0.343 e. The van der Waals surface area contributed by atoms with Crippen LogP contribution in [0.15, 0.2) is 231 Å². The molecule has 10 aromatic carbocycles. The largest absolute Gasteiger partial charge is 0.343 e. The fourth-order valence-corrected chi connectivity index (χ4v) is 10.3. The Morgan fingerprint density at radius 1 is 0.243 bits per heavy atom. The molecule has 0 fully saturated rings. The molecule has 0 aliphatic rings. The van der Waals surface area contributed by atoms with Crippen molar-refractivity contribution in [3.63, 3.8) is 0 Å². The zero-order valence-electron chi connectivity index (χ0n) is 41.4. The highest BCUT2D eigenvalue weighted by Gasteiger charge is 2.25. The molecule has 0 bridgehead atoms. The van der Waals surface area contributed by atoms with Gasteiger partial charge in [-0.25, -0.2) is 0 Å². The van der Waals surface area contributed by atoms with E-state index in [0.717, 1.165) is 0 Å². The number of aryl methyl sites for hydroxylation is 1. The molecule has 0 N–H and O–H groups in total. The van der Waals surface area contributed by atoms with Crippen LogP contribution >= 0.6 is 0 Å². The highest BCUT2D eigenvalue weighted by molar-refractivity contribution is 6.17. The van der Waals surface area contributed by atoms with E-state index in [1.807, 2.05) is 0 Å². The van der Waals surface area contributed by atoms with Gasteiger partial charge in [-0.2, -0.15) is 0 Å². The van der Waals surface area contributed by atoms with Gasteiger partial charge in [-0.1, -0.05) is 211 Å². The number of hydrogen-bond donors (Lipinski definition) is 0. The molecule has 0 radical (unpaired) electrons. The molecule has 0 amide bonds. The third-order valence-electron chi connectivity index (χ3n) is 14.3. The van der Waals surface area contributed by atoms with Gasteiger partial charge in [0, 0.05) is 28.9 Å². The standard InChI is InChI=1S/C69H59N/c1-68(2,3)60-42-62(52-32-28-50(29-33-52)58-38-54(46-20-12-8-13-21-46)36-55(39-58)47-22-14-9-15-23-47)66-64(44-60)65-45-61(69(4,5)6)43-63(67(65)70(66)7)53-34-30-51(31-35-53)59-40-56(48-24-16-10-17-25-48)37-57(41-59)49-26-18-11-19-27-49/h8-45H,1-7H3. The average molecular weight is 902 g/mol. The molecule has 1 aromatic heterocycles. The first-order chi connectivity index (χ1) is 33.9. The van der Waals surface area contributed by atoms with Gasteiger partial charge in [0.05, 0.1) is 11.0 Å². The van der Waals surface area contributed by atoms with E-state index >= 15 is 0 Å². The second kappa shape index (κ2) is 17.8. The van der Waals surface area contributed by atoms with Crippen LogP contribution < -0.4 is 0 Å². The summed E-state index contributed by atoms with van der Waals surface area (Å²) in [5, 5.41) is 2.59. The van der Waals surface area contributed by atoms with Crippen LogP contribution in [0.2, 0.25) is 0 Å². The third kappa shape index (κ3) is 8.58. The molecular formula is C69H59N. The Kier molecular flexibility index (Phi) is 11.3. The summed E-state index contributed by atoms with van der Waals surface area (Å²) in [6.07, 6.45) is 0. The molecule has 1 heteroatoms. The van der Waals surface area contributed by atoms with Crippen LogP contribution in [0.1, 0.15) is 52.7 Å². The first-order valence-corrected chi connectivity index (χ1v) is 24.7. The van der Waals surface area contributed by atoms with Crippen molar-refractivity contribution in [2.75, 3.05) is 0 Å². The minimum absolute atomic E-state index is 0.0603. The SMILES string of the molecule is Cn1c2c(-c3ccc(-c4cc(-c5ccccc5)cc(-c5ccccc5)c4)cc3)cc(C(C)(C)C)cc2c2cc(C(C)(C)C)cc(-c3ccc(-c4cc(-c5ccccc5)cc(-c5ccccc5)c4)cc3)c21. The van der Waals surface area contributed by atoms with Crippen LogP contribution in [-0.4, -0.2) is 4.57 Å². The average Bonchev–Trinajstić information content (AvgIpc) is 3.69. The Labute approximate surface area is 414 Å². The lowest BCUT2D eigenvalue weighted by Gasteiger charge is -2.22. The van der Waals surface area contributed by atoms with E-state index in [0.29, 0.717) is 0 Å². The van der Waals surface area contributed by atoms with E-state index in [2.05, 4.69) is 284 Å². The van der Waals surface area contributed by atoms with Gasteiger partial charge in [-0.05, 0) is 161 Å². The third-order valence-corrected chi connectivity index (χ3v) is 14.3. The van der Waals surface area contributed by atoms with E-state index in [1.165, 1.54) is 122 Å². The maximum absolute atomic E-state index is 2.47. The van der Waals surface area contributed by atoms with E-state index in [1.54, 1.807) is 0 Å². The predicted octanol–water partition coefficient (Wildman–Crippen LogP) is 19.3. The monoisotopic (exact) mass is 901 g/mol. The summed E-state index contributed by atoms with van der Waals surface area (Å²) < 4.78 is 2.47. The van der Waals surface area contributed by atoms with E-state index in [-0.39, 0.29) is 10.8 Å². The molecule has 0 unspecified atom stereocenters. The lowest BCUT2D eigenvalue weighted by Crippen LogP contribution is -2.11. The van der Waals surface area contributed by atoms with Gasteiger partial charge in [-0.15, -0.1) is 0 Å². The van der Waals surface area contributed by atoms with Crippen molar-refractivity contribution >= 4 is 21.8 Å². The molecule has 11 aromatic rings. The summed E-state index contributed by atoms with van der Waals surface area (Å²) in [7, 11) is 2.27. The minimum atomic E-state index is -0.0603. The normalized spacial score (nSPS) is 11.9. The van der Waals surface area contributed by atoms with Crippen LogP contribution in [0.4, 0.5) is 0 Å². The maximum atomic E-state index is 2.47. The first-order valence-electron chi connectivity index (χ1n) is 24.7. The number of fused-ring (bicyclic) bond motifs is 3. The Morgan fingerprint density at radius 3 is 0.714 bits per heavy atom. The molecule has 340 valence electrons. The van der Waals surface area contributed by atoms with Gasteiger partial charge >= 0.3 is 0 Å². The molecule has 0 saturated carbocycles. The molecule has 0 aliphatic heterocycles. The smallest absolute Gasteiger partial charge is 0.0568 e. The molecule has 11 rings (SSSR count). The van der Waals surface area contributed by atoms with Gasteiger partial charge in [-0.3, -0.25) is 0 Å². The molecule has 0 saturated heterocycles. The van der Waals surface area contributed by atoms with Gasteiger partial charge in [0.1, 0.15) is 0 Å². The highest BCUT2D eigenvalue weighted by atomic mass is 14.9. The van der Waals surface area contributed by atoms with Crippen LogP contribution in [0.3, 0.4) is 0 Å². The Hall–Kier alpha value is -8.00. The van der Waals surface area contributed by atoms with Crippen molar-refractivity contribution in [2.24, 2.45) is 7.05 Å². The van der Waals surface area contributed by atoms with E-state index < -0.39 is 0 Å². The quantitative estimate of drug-likeness (QED) is 0.143. The lowest BCUT2D eigenvalue weighted by atomic mass is 9.82. The highest BCUT2D eigenvalue weighted by Crippen LogP contribution is 2.45. The predicted molar refractivity (Wildman–Crippen MR) is 301 cm³/mol. The summed E-state index contributed by atoms with van der Waals surface area (Å²) in [6, 6.07) is 85.3. The molecule has 0 atom stereocenters. The summed E-state index contributed by atoms with van der Waals surface area (Å²) in [5.74, 6) is 0. The van der Waals surface area contributed by atoms with Crippen molar-refractivity contribution < 1.29 is 0 Å². The van der Waals surface area contributed by atoms with Crippen molar-refractivity contribution in [3.05, 3.63) is 242 Å². The van der Waals surface area contributed by atoms with Gasteiger partial charge in [0.25, 0.3) is 0 Å². The Morgan fingerprint density at radius 2 is 0.471 bits per heavy atom. The topological polar surface area (TPSA) is 4.93 Å². The maximum Gasteiger partial charge on any atom is 0.0568 e. The van der Waals surface area contributed by atoms with Crippen molar-refractivity contribution in [1.29, 1.82) is 0 Å². The van der Waals surface area contributed by atoms with Crippen LogP contribution in [0.25, 0.3) is 111 Å². The number of benzene rings is 10. The number of nitrogens with zero attached hydrogens (tertiary/aromatic N) is 1. The number of hydrogen-bond acceptors (Lipinski definition) is 0. The molecule has 0 spiro atoms. The van der Waals surface area contributed by atoms with Crippen molar-refractivity contribution in [3.8, 4) is 89.0 Å². The fraction of sp³-hybridized carbons (Fsp3) is 0.130. The number of aromatic nitrogens is 1. The summed E-state index contributed by atoms with van der Waals surface area (Å²) in [4.78, 5) is 0. The molecule has 70 heavy (non-hydrogen) atoms. The van der Waals surface area contributed by atoms with E-state index in [4.69, 9.17) is 0 Å². The number of rotatable bonds is 8. The van der Waals surface area contributed by atoms with E-state index in [9.17, 15) is 0 Å². The van der Waals surface area contributed by atoms with Gasteiger partial charge < -0.3 is 4.57 Å². The zero-order chi connectivity index (χ0) is 48.1. The van der Waals surface area contributed by atoms with Crippen LogP contribution in [-0.2, 0) is 17.9 Å². The molecule has 1 heterocycles. The summed E-state index contributed by atoms with van der Waals surface area (Å²) in [6.45, 7) is 14.0. The van der Waals surface area contributed by atoms with Gasteiger partial charge in [0.15, 0.2) is 0 Å². The fourth-order valence-electron chi connectivity index (χ4n) is 10.3. The molecule has 1 nitrogen and oxygen atoms in total. The first kappa shape index (κ1) is 44.5. The zero-order valence-corrected chi connectivity index (χ0v) is 41.4. The Bertz CT molecular complexity index is 3300. The summed E-state index contributed by atoms with van der Waals surface area (Å²) in [5.41, 5.74) is 24.5. The van der Waals surface area contributed by atoms with Crippen LogP contribution in [0, 0.1) is 0 Å².